The zero-order valence-corrected chi connectivity index (χ0v) is 16.2. The molecule has 3 nitrogen and oxygen atoms in total. The van der Waals surface area contributed by atoms with Gasteiger partial charge in [-0.25, -0.2) is 4.98 Å². The standard InChI is InChI=1S/C18H15BrN2OS2/c1-12-2-8-15(9-3-12)23-11-17(22)21-18-20-16(10-24-18)13-4-6-14(19)7-5-13/h2-10H,11H2,1H3,(H,20,21,22). The monoisotopic (exact) mass is 418 g/mol. The number of anilines is 1. The van der Waals surface area contributed by atoms with Gasteiger partial charge in [-0.1, -0.05) is 45.8 Å². The summed E-state index contributed by atoms with van der Waals surface area (Å²) in [6.07, 6.45) is 0. The summed E-state index contributed by atoms with van der Waals surface area (Å²) in [7, 11) is 0. The van der Waals surface area contributed by atoms with Crippen LogP contribution in [0.2, 0.25) is 0 Å². The maximum Gasteiger partial charge on any atom is 0.236 e. The molecule has 6 heteroatoms. The van der Waals surface area contributed by atoms with Crippen LogP contribution in [0.5, 0.6) is 0 Å². The number of thiazole rings is 1. The molecule has 1 amide bonds. The number of carbonyl (C=O) groups is 1. The average Bonchev–Trinajstić information content (AvgIpc) is 3.03. The number of hydrogen-bond acceptors (Lipinski definition) is 4. The fourth-order valence-corrected chi connectivity index (χ4v) is 3.72. The molecule has 1 aromatic heterocycles. The minimum atomic E-state index is -0.0442. The summed E-state index contributed by atoms with van der Waals surface area (Å²) in [5, 5.41) is 5.44. The lowest BCUT2D eigenvalue weighted by molar-refractivity contribution is -0.113. The summed E-state index contributed by atoms with van der Waals surface area (Å²) in [6.45, 7) is 2.05. The average molecular weight is 419 g/mol. The van der Waals surface area contributed by atoms with E-state index < -0.39 is 0 Å². The minimum absolute atomic E-state index is 0.0442. The molecule has 0 atom stereocenters. The van der Waals surface area contributed by atoms with Gasteiger partial charge in [-0.15, -0.1) is 23.1 Å². The number of nitrogens with zero attached hydrogens (tertiary/aromatic N) is 1. The van der Waals surface area contributed by atoms with E-state index in [1.807, 2.05) is 60.8 Å². The third-order valence-electron chi connectivity index (χ3n) is 3.28. The van der Waals surface area contributed by atoms with Crippen LogP contribution in [-0.4, -0.2) is 16.6 Å². The first kappa shape index (κ1) is 17.2. The number of thioether (sulfide) groups is 1. The molecule has 0 fully saturated rings. The van der Waals surface area contributed by atoms with Crippen LogP contribution in [0.4, 0.5) is 5.13 Å². The van der Waals surface area contributed by atoms with E-state index in [2.05, 4.69) is 26.2 Å². The Morgan fingerprint density at radius 2 is 1.88 bits per heavy atom. The molecule has 0 bridgehead atoms. The zero-order valence-electron chi connectivity index (χ0n) is 13.0. The van der Waals surface area contributed by atoms with E-state index in [4.69, 9.17) is 0 Å². The summed E-state index contributed by atoms with van der Waals surface area (Å²) < 4.78 is 1.03. The second-order valence-corrected chi connectivity index (χ2v) is 8.02. The first-order valence-electron chi connectivity index (χ1n) is 7.31. The number of rotatable bonds is 5. The molecule has 0 aliphatic heterocycles. The van der Waals surface area contributed by atoms with E-state index in [-0.39, 0.29) is 5.91 Å². The summed E-state index contributed by atoms with van der Waals surface area (Å²) in [5.74, 6) is 0.327. The molecular formula is C18H15BrN2OS2. The highest BCUT2D eigenvalue weighted by Crippen LogP contribution is 2.26. The fraction of sp³-hybridized carbons (Fsp3) is 0.111. The molecule has 0 aliphatic rings. The smallest absolute Gasteiger partial charge is 0.236 e. The lowest BCUT2D eigenvalue weighted by Gasteiger charge is -2.02. The molecule has 3 rings (SSSR count). The molecule has 122 valence electrons. The first-order chi connectivity index (χ1) is 11.6. The summed E-state index contributed by atoms with van der Waals surface area (Å²) in [6, 6.07) is 16.1. The van der Waals surface area contributed by atoms with Gasteiger partial charge in [0.1, 0.15) is 0 Å². The number of aromatic nitrogens is 1. The maximum atomic E-state index is 12.1. The van der Waals surface area contributed by atoms with Gasteiger partial charge in [0.15, 0.2) is 5.13 Å². The second-order valence-electron chi connectivity index (χ2n) is 5.19. The molecular weight excluding hydrogens is 404 g/mol. The van der Waals surface area contributed by atoms with Crippen molar-refractivity contribution in [2.24, 2.45) is 0 Å². The quantitative estimate of drug-likeness (QED) is 0.547. The molecule has 2 aromatic carbocycles. The maximum absolute atomic E-state index is 12.1. The van der Waals surface area contributed by atoms with Crippen molar-refractivity contribution in [1.29, 1.82) is 0 Å². The van der Waals surface area contributed by atoms with Crippen molar-refractivity contribution >= 4 is 50.1 Å². The van der Waals surface area contributed by atoms with Crippen LogP contribution < -0.4 is 5.32 Å². The van der Waals surface area contributed by atoms with E-state index in [0.717, 1.165) is 20.6 Å². The van der Waals surface area contributed by atoms with E-state index in [1.54, 1.807) is 0 Å². The Morgan fingerprint density at radius 1 is 1.17 bits per heavy atom. The van der Waals surface area contributed by atoms with Crippen molar-refractivity contribution in [1.82, 2.24) is 4.98 Å². The molecule has 0 aliphatic carbocycles. The van der Waals surface area contributed by atoms with Crippen molar-refractivity contribution < 1.29 is 4.79 Å². The molecule has 0 saturated carbocycles. The zero-order chi connectivity index (χ0) is 16.9. The fourth-order valence-electron chi connectivity index (χ4n) is 2.02. The normalized spacial score (nSPS) is 10.6. The predicted molar refractivity (Wildman–Crippen MR) is 106 cm³/mol. The van der Waals surface area contributed by atoms with Crippen LogP contribution in [0.1, 0.15) is 5.56 Å². The highest BCUT2D eigenvalue weighted by Gasteiger charge is 2.08. The number of nitrogens with one attached hydrogen (secondary N) is 1. The Labute approximate surface area is 157 Å². The number of halogens is 1. The van der Waals surface area contributed by atoms with Gasteiger partial charge < -0.3 is 5.32 Å². The highest BCUT2D eigenvalue weighted by molar-refractivity contribution is 9.10. The topological polar surface area (TPSA) is 42.0 Å². The molecule has 0 spiro atoms. The van der Waals surface area contributed by atoms with Crippen molar-refractivity contribution in [3.05, 3.63) is 63.9 Å². The number of carbonyl (C=O) groups excluding carboxylic acids is 1. The van der Waals surface area contributed by atoms with E-state index in [0.29, 0.717) is 10.9 Å². The predicted octanol–water partition coefficient (Wildman–Crippen LogP) is 5.61. The lowest BCUT2D eigenvalue weighted by Crippen LogP contribution is -2.13. The molecule has 1 heterocycles. The van der Waals surface area contributed by atoms with Crippen molar-refractivity contribution in [3.8, 4) is 11.3 Å². The highest BCUT2D eigenvalue weighted by atomic mass is 79.9. The molecule has 3 aromatic rings. The van der Waals surface area contributed by atoms with Crippen molar-refractivity contribution in [2.45, 2.75) is 11.8 Å². The third kappa shape index (κ3) is 4.69. The van der Waals surface area contributed by atoms with Crippen molar-refractivity contribution in [3.63, 3.8) is 0 Å². The van der Waals surface area contributed by atoms with Gasteiger partial charge >= 0.3 is 0 Å². The van der Waals surface area contributed by atoms with E-state index in [9.17, 15) is 4.79 Å². The van der Waals surface area contributed by atoms with Crippen LogP contribution in [0.3, 0.4) is 0 Å². The van der Waals surface area contributed by atoms with Crippen LogP contribution in [0.15, 0.2) is 63.3 Å². The SMILES string of the molecule is Cc1ccc(SCC(=O)Nc2nc(-c3ccc(Br)cc3)cs2)cc1. The molecule has 24 heavy (non-hydrogen) atoms. The summed E-state index contributed by atoms with van der Waals surface area (Å²) in [5.41, 5.74) is 3.12. The van der Waals surface area contributed by atoms with Gasteiger partial charge in [-0.3, -0.25) is 4.79 Å². The van der Waals surface area contributed by atoms with E-state index >= 15 is 0 Å². The molecule has 1 N–H and O–H groups in total. The van der Waals surface area contributed by atoms with Gasteiger partial charge in [0.05, 0.1) is 11.4 Å². The minimum Gasteiger partial charge on any atom is -0.301 e. The Hall–Kier alpha value is -1.63. The van der Waals surface area contributed by atoms with Gasteiger partial charge in [-0.2, -0.15) is 0 Å². The Bertz CT molecular complexity index is 829. The van der Waals surface area contributed by atoms with Crippen LogP contribution in [0.25, 0.3) is 11.3 Å². The number of benzene rings is 2. The Balaban J connectivity index is 1.57. The Kier molecular flexibility index (Phi) is 5.71. The van der Waals surface area contributed by atoms with Crippen LogP contribution in [-0.2, 0) is 4.79 Å². The third-order valence-corrected chi connectivity index (χ3v) is 5.58. The number of amides is 1. The number of hydrogen-bond donors (Lipinski definition) is 1. The second kappa shape index (κ2) is 7.96. The lowest BCUT2D eigenvalue weighted by atomic mass is 10.2. The first-order valence-corrected chi connectivity index (χ1v) is 9.97. The van der Waals surface area contributed by atoms with Crippen LogP contribution >= 0.6 is 39.0 Å². The summed E-state index contributed by atoms with van der Waals surface area (Å²) in [4.78, 5) is 17.6. The summed E-state index contributed by atoms with van der Waals surface area (Å²) >= 11 is 6.38. The van der Waals surface area contributed by atoms with Gasteiger partial charge in [-0.05, 0) is 31.2 Å². The molecule has 0 saturated heterocycles. The number of aryl methyl sites for hydroxylation is 1. The van der Waals surface area contributed by atoms with Crippen molar-refractivity contribution in [2.75, 3.05) is 11.1 Å². The van der Waals surface area contributed by atoms with Crippen LogP contribution in [0, 0.1) is 6.92 Å². The molecule has 0 unspecified atom stereocenters. The van der Waals surface area contributed by atoms with Gasteiger partial charge in [0, 0.05) is 20.3 Å². The Morgan fingerprint density at radius 3 is 2.58 bits per heavy atom. The van der Waals surface area contributed by atoms with Gasteiger partial charge in [0.2, 0.25) is 5.91 Å². The molecule has 0 radical (unpaired) electrons. The van der Waals surface area contributed by atoms with E-state index in [1.165, 1.54) is 28.7 Å². The van der Waals surface area contributed by atoms with Gasteiger partial charge in [0.25, 0.3) is 0 Å². The largest absolute Gasteiger partial charge is 0.301 e.